The predicted molar refractivity (Wildman–Crippen MR) is 77.2 cm³/mol. The average molecular weight is 262 g/mol. The summed E-state index contributed by atoms with van der Waals surface area (Å²) in [7, 11) is 0. The van der Waals surface area contributed by atoms with Gasteiger partial charge in [-0.15, -0.1) is 0 Å². The normalized spacial score (nSPS) is 10.1. The summed E-state index contributed by atoms with van der Waals surface area (Å²) in [6.07, 6.45) is 1.86. The summed E-state index contributed by atoms with van der Waals surface area (Å²) in [4.78, 5) is 23.4. The third-order valence-corrected chi connectivity index (χ3v) is 2.94. The molecule has 4 nitrogen and oxygen atoms in total. The first-order valence-electron chi connectivity index (χ1n) is 6.62. The number of hydrogen-bond acceptors (Lipinski definition) is 2. The number of amides is 2. The minimum Gasteiger partial charge on any atom is -0.348 e. The first-order chi connectivity index (χ1) is 8.95. The van der Waals surface area contributed by atoms with Gasteiger partial charge >= 0.3 is 11.8 Å². The van der Waals surface area contributed by atoms with Gasteiger partial charge in [0.2, 0.25) is 0 Å². The van der Waals surface area contributed by atoms with Gasteiger partial charge in [-0.1, -0.05) is 31.0 Å². The summed E-state index contributed by atoms with van der Waals surface area (Å²) in [5, 5.41) is 5.28. The van der Waals surface area contributed by atoms with Gasteiger partial charge in [0, 0.05) is 12.2 Å². The molecule has 4 heteroatoms. The van der Waals surface area contributed by atoms with Crippen LogP contribution in [0.15, 0.2) is 12.1 Å². The van der Waals surface area contributed by atoms with E-state index in [1.54, 1.807) is 0 Å². The van der Waals surface area contributed by atoms with Gasteiger partial charge in [-0.05, 0) is 38.3 Å². The van der Waals surface area contributed by atoms with Gasteiger partial charge in [-0.2, -0.15) is 0 Å². The quantitative estimate of drug-likeness (QED) is 0.647. The second kappa shape index (κ2) is 6.92. The van der Waals surface area contributed by atoms with E-state index in [0.29, 0.717) is 6.54 Å². The molecule has 1 aromatic rings. The molecule has 0 aliphatic carbocycles. The van der Waals surface area contributed by atoms with E-state index in [1.165, 1.54) is 0 Å². The Labute approximate surface area is 114 Å². The van der Waals surface area contributed by atoms with Crippen LogP contribution in [0.1, 0.15) is 36.5 Å². The molecular weight excluding hydrogens is 240 g/mol. The summed E-state index contributed by atoms with van der Waals surface area (Å²) in [5.74, 6) is -1.18. The lowest BCUT2D eigenvalue weighted by Gasteiger charge is -2.12. The Hall–Kier alpha value is -1.84. The zero-order valence-corrected chi connectivity index (χ0v) is 12.1. The Bertz CT molecular complexity index is 458. The van der Waals surface area contributed by atoms with Crippen LogP contribution in [0.3, 0.4) is 0 Å². The van der Waals surface area contributed by atoms with Gasteiger partial charge in [-0.3, -0.25) is 9.59 Å². The topological polar surface area (TPSA) is 58.2 Å². The molecule has 1 aromatic carbocycles. The molecule has 0 saturated heterocycles. The van der Waals surface area contributed by atoms with Crippen molar-refractivity contribution in [3.63, 3.8) is 0 Å². The van der Waals surface area contributed by atoms with E-state index in [-0.39, 0.29) is 0 Å². The van der Waals surface area contributed by atoms with Crippen molar-refractivity contribution in [1.82, 2.24) is 5.32 Å². The number of hydrogen-bond donors (Lipinski definition) is 2. The number of carbonyl (C=O) groups is 2. The van der Waals surface area contributed by atoms with E-state index in [4.69, 9.17) is 0 Å². The fraction of sp³-hybridized carbons (Fsp3) is 0.467. The van der Waals surface area contributed by atoms with Crippen LogP contribution in [0.25, 0.3) is 0 Å². The lowest BCUT2D eigenvalue weighted by Crippen LogP contribution is -2.36. The number of benzene rings is 1. The van der Waals surface area contributed by atoms with Crippen LogP contribution < -0.4 is 10.6 Å². The number of rotatable bonds is 4. The second-order valence-corrected chi connectivity index (χ2v) is 4.84. The molecule has 0 atom stereocenters. The maximum atomic E-state index is 11.8. The van der Waals surface area contributed by atoms with Crippen molar-refractivity contribution in [2.45, 2.75) is 40.5 Å². The highest BCUT2D eigenvalue weighted by molar-refractivity contribution is 6.39. The second-order valence-electron chi connectivity index (χ2n) is 4.84. The van der Waals surface area contributed by atoms with Gasteiger partial charge in [0.15, 0.2) is 0 Å². The van der Waals surface area contributed by atoms with E-state index >= 15 is 0 Å². The number of unbranched alkanes of at least 4 members (excludes halogenated alkanes) is 1. The number of nitrogens with one attached hydrogen (secondary N) is 2. The Kier molecular flexibility index (Phi) is 5.55. The van der Waals surface area contributed by atoms with Crippen LogP contribution in [0, 0.1) is 20.8 Å². The maximum absolute atomic E-state index is 11.8. The van der Waals surface area contributed by atoms with Crippen LogP contribution in [0.5, 0.6) is 0 Å². The van der Waals surface area contributed by atoms with Crippen molar-refractivity contribution in [2.24, 2.45) is 0 Å². The largest absolute Gasteiger partial charge is 0.348 e. The molecule has 0 radical (unpaired) electrons. The zero-order chi connectivity index (χ0) is 14.4. The van der Waals surface area contributed by atoms with E-state index in [1.807, 2.05) is 39.8 Å². The summed E-state index contributed by atoms with van der Waals surface area (Å²) in [5.41, 5.74) is 3.79. The van der Waals surface area contributed by atoms with E-state index < -0.39 is 11.8 Å². The molecule has 0 saturated carbocycles. The highest BCUT2D eigenvalue weighted by Crippen LogP contribution is 2.21. The zero-order valence-electron chi connectivity index (χ0n) is 12.1. The molecule has 104 valence electrons. The minimum atomic E-state index is -0.605. The SMILES string of the molecule is CCCCNC(=O)C(=O)Nc1c(C)cc(C)cc1C. The van der Waals surface area contributed by atoms with E-state index in [0.717, 1.165) is 35.2 Å². The lowest BCUT2D eigenvalue weighted by molar-refractivity contribution is -0.136. The van der Waals surface area contributed by atoms with Crippen molar-refractivity contribution >= 4 is 17.5 Å². The van der Waals surface area contributed by atoms with Crippen molar-refractivity contribution in [1.29, 1.82) is 0 Å². The molecule has 0 aliphatic rings. The fourth-order valence-electron chi connectivity index (χ4n) is 2.01. The highest BCUT2D eigenvalue weighted by Gasteiger charge is 2.15. The summed E-state index contributed by atoms with van der Waals surface area (Å²) < 4.78 is 0. The Morgan fingerprint density at radius 1 is 1.05 bits per heavy atom. The smallest absolute Gasteiger partial charge is 0.313 e. The van der Waals surface area contributed by atoms with Crippen molar-refractivity contribution in [3.05, 3.63) is 28.8 Å². The first-order valence-corrected chi connectivity index (χ1v) is 6.62. The molecule has 0 aliphatic heterocycles. The third-order valence-electron chi connectivity index (χ3n) is 2.94. The standard InChI is InChI=1S/C15H22N2O2/c1-5-6-7-16-14(18)15(19)17-13-11(3)8-10(2)9-12(13)4/h8-9H,5-7H2,1-4H3,(H,16,18)(H,17,19). The summed E-state index contributed by atoms with van der Waals surface area (Å²) in [6.45, 7) is 8.41. The molecular formula is C15H22N2O2. The maximum Gasteiger partial charge on any atom is 0.313 e. The van der Waals surface area contributed by atoms with Crippen LogP contribution in [-0.2, 0) is 9.59 Å². The van der Waals surface area contributed by atoms with Crippen molar-refractivity contribution in [3.8, 4) is 0 Å². The van der Waals surface area contributed by atoms with Crippen LogP contribution >= 0.6 is 0 Å². The van der Waals surface area contributed by atoms with Gasteiger partial charge in [0.05, 0.1) is 0 Å². The van der Waals surface area contributed by atoms with Gasteiger partial charge < -0.3 is 10.6 Å². The van der Waals surface area contributed by atoms with E-state index in [2.05, 4.69) is 10.6 Å². The monoisotopic (exact) mass is 262 g/mol. The predicted octanol–water partition coefficient (Wildman–Crippen LogP) is 2.47. The molecule has 0 heterocycles. The molecule has 0 fully saturated rings. The molecule has 2 amide bonds. The van der Waals surface area contributed by atoms with Crippen molar-refractivity contribution < 1.29 is 9.59 Å². The molecule has 19 heavy (non-hydrogen) atoms. The van der Waals surface area contributed by atoms with Gasteiger partial charge in [0.1, 0.15) is 0 Å². The third kappa shape index (κ3) is 4.39. The summed E-state index contributed by atoms with van der Waals surface area (Å²) >= 11 is 0. The molecule has 0 unspecified atom stereocenters. The van der Waals surface area contributed by atoms with Crippen LogP contribution in [0.4, 0.5) is 5.69 Å². The summed E-state index contributed by atoms with van der Waals surface area (Å²) in [6, 6.07) is 3.97. The Morgan fingerprint density at radius 2 is 1.63 bits per heavy atom. The highest BCUT2D eigenvalue weighted by atomic mass is 16.2. The Morgan fingerprint density at radius 3 is 2.16 bits per heavy atom. The Balaban J connectivity index is 2.69. The lowest BCUT2D eigenvalue weighted by atomic mass is 10.1. The number of anilines is 1. The fourth-order valence-corrected chi connectivity index (χ4v) is 2.01. The number of carbonyl (C=O) groups excluding carboxylic acids is 2. The minimum absolute atomic E-state index is 0.536. The molecule has 1 rings (SSSR count). The van der Waals surface area contributed by atoms with Gasteiger partial charge in [-0.25, -0.2) is 0 Å². The van der Waals surface area contributed by atoms with Crippen LogP contribution in [-0.4, -0.2) is 18.4 Å². The van der Waals surface area contributed by atoms with Crippen molar-refractivity contribution in [2.75, 3.05) is 11.9 Å². The first kappa shape index (κ1) is 15.2. The number of aryl methyl sites for hydroxylation is 3. The molecule has 0 spiro atoms. The molecule has 0 aromatic heterocycles. The molecule has 0 bridgehead atoms. The molecule has 2 N–H and O–H groups in total. The van der Waals surface area contributed by atoms with E-state index in [9.17, 15) is 9.59 Å². The average Bonchev–Trinajstić information content (AvgIpc) is 2.33. The van der Waals surface area contributed by atoms with Crippen LogP contribution in [0.2, 0.25) is 0 Å². The van der Waals surface area contributed by atoms with Gasteiger partial charge in [0.25, 0.3) is 0 Å².